The number of rotatable bonds is 6. The second-order valence-electron chi connectivity index (χ2n) is 7.64. The van der Waals surface area contributed by atoms with E-state index in [4.69, 9.17) is 4.52 Å². The smallest absolute Gasteiger partial charge is 0.276 e. The van der Waals surface area contributed by atoms with E-state index in [0.29, 0.717) is 25.3 Å². The van der Waals surface area contributed by atoms with Crippen molar-refractivity contribution in [2.45, 2.75) is 45.6 Å². The fourth-order valence-corrected chi connectivity index (χ4v) is 4.72. The number of amides is 2. The number of hydrogen-bond acceptors (Lipinski definition) is 5. The van der Waals surface area contributed by atoms with Crippen LogP contribution in [0.15, 0.2) is 28.1 Å². The molecule has 6 nitrogen and oxygen atoms in total. The van der Waals surface area contributed by atoms with E-state index in [9.17, 15) is 9.59 Å². The van der Waals surface area contributed by atoms with Gasteiger partial charge in [0.25, 0.3) is 5.91 Å². The molecule has 4 rings (SSSR count). The Hall–Kier alpha value is -2.15. The number of hydrogen-bond donors (Lipinski definition) is 1. The number of carbonyl (C=O) groups is 2. The van der Waals surface area contributed by atoms with Crippen LogP contribution >= 0.6 is 11.3 Å². The van der Waals surface area contributed by atoms with E-state index in [1.165, 1.54) is 4.88 Å². The molecule has 1 spiro atoms. The van der Waals surface area contributed by atoms with Crippen molar-refractivity contribution in [3.63, 3.8) is 0 Å². The van der Waals surface area contributed by atoms with E-state index in [0.717, 1.165) is 37.9 Å². The normalized spacial score (nSPS) is 20.6. The van der Waals surface area contributed by atoms with Crippen molar-refractivity contribution in [3.05, 3.63) is 39.9 Å². The number of thiophene rings is 1. The van der Waals surface area contributed by atoms with Crippen LogP contribution < -0.4 is 5.32 Å². The quantitative estimate of drug-likeness (QED) is 0.826. The summed E-state index contributed by atoms with van der Waals surface area (Å²) in [6.45, 7) is 4.05. The van der Waals surface area contributed by atoms with Gasteiger partial charge in [0, 0.05) is 36.4 Å². The second kappa shape index (κ2) is 7.46. The molecule has 1 atom stereocenters. The highest BCUT2D eigenvalue weighted by molar-refractivity contribution is 7.09. The van der Waals surface area contributed by atoms with Crippen LogP contribution in [0.2, 0.25) is 0 Å². The van der Waals surface area contributed by atoms with E-state index in [-0.39, 0.29) is 23.1 Å². The summed E-state index contributed by atoms with van der Waals surface area (Å²) in [5.41, 5.74) is 0.489. The standard InChI is InChI=1S/C20H25N3O3S/c1-2-4-14-11-17(22-26-14)19(25)23-8-6-20(7-9-23)12-16(20)18(24)21-13-15-5-3-10-27-15/h3,5,10-11,16H,2,4,6-9,12-13H2,1H3,(H,21,24)/t16-/m0/s1. The van der Waals surface area contributed by atoms with Crippen molar-refractivity contribution in [2.75, 3.05) is 13.1 Å². The van der Waals surface area contributed by atoms with Crippen molar-refractivity contribution in [1.29, 1.82) is 0 Å². The summed E-state index contributed by atoms with van der Waals surface area (Å²) in [6.07, 6.45) is 4.47. The monoisotopic (exact) mass is 387 g/mol. The highest BCUT2D eigenvalue weighted by atomic mass is 32.1. The SMILES string of the molecule is CCCc1cc(C(=O)N2CCC3(CC2)C[C@H]3C(=O)NCc2cccs2)no1. The molecule has 1 aliphatic carbocycles. The van der Waals surface area contributed by atoms with Crippen LogP contribution in [0, 0.1) is 11.3 Å². The minimum absolute atomic E-state index is 0.0599. The molecule has 144 valence electrons. The molecular weight excluding hydrogens is 362 g/mol. The minimum Gasteiger partial charge on any atom is -0.361 e. The molecule has 0 aromatic carbocycles. The summed E-state index contributed by atoms with van der Waals surface area (Å²) in [6, 6.07) is 5.79. The Labute approximate surface area is 162 Å². The molecule has 27 heavy (non-hydrogen) atoms. The topological polar surface area (TPSA) is 75.4 Å². The summed E-state index contributed by atoms with van der Waals surface area (Å²) in [5, 5.41) is 9.01. The Morgan fingerprint density at radius 2 is 2.22 bits per heavy atom. The summed E-state index contributed by atoms with van der Waals surface area (Å²) in [7, 11) is 0. The first-order valence-electron chi connectivity index (χ1n) is 9.66. The molecule has 0 bridgehead atoms. The molecule has 7 heteroatoms. The molecule has 1 saturated heterocycles. The van der Waals surface area contributed by atoms with Crippen LogP contribution in [-0.4, -0.2) is 35.0 Å². The Balaban J connectivity index is 1.27. The number of piperidine rings is 1. The van der Waals surface area contributed by atoms with E-state index in [1.54, 1.807) is 17.4 Å². The van der Waals surface area contributed by atoms with Gasteiger partial charge in [-0.25, -0.2) is 0 Å². The van der Waals surface area contributed by atoms with Crippen molar-refractivity contribution in [1.82, 2.24) is 15.4 Å². The lowest BCUT2D eigenvalue weighted by atomic mass is 9.90. The first kappa shape index (κ1) is 18.2. The van der Waals surface area contributed by atoms with Crippen molar-refractivity contribution in [3.8, 4) is 0 Å². The number of carbonyl (C=O) groups excluding carboxylic acids is 2. The summed E-state index contributed by atoms with van der Waals surface area (Å²) < 4.78 is 5.23. The van der Waals surface area contributed by atoms with Gasteiger partial charge in [0.05, 0.1) is 6.54 Å². The largest absolute Gasteiger partial charge is 0.361 e. The molecule has 1 N–H and O–H groups in total. The zero-order valence-corrected chi connectivity index (χ0v) is 16.4. The lowest BCUT2D eigenvalue weighted by Gasteiger charge is -2.32. The molecule has 2 aliphatic rings. The van der Waals surface area contributed by atoms with Crippen molar-refractivity contribution in [2.24, 2.45) is 11.3 Å². The molecular formula is C20H25N3O3S. The van der Waals surface area contributed by atoms with Crippen LogP contribution in [-0.2, 0) is 17.8 Å². The van der Waals surface area contributed by atoms with Gasteiger partial charge < -0.3 is 14.7 Å². The van der Waals surface area contributed by atoms with Crippen LogP contribution in [0.5, 0.6) is 0 Å². The number of likely N-dealkylation sites (tertiary alicyclic amines) is 1. The maximum Gasteiger partial charge on any atom is 0.276 e. The molecule has 2 amide bonds. The molecule has 2 aromatic rings. The van der Waals surface area contributed by atoms with Gasteiger partial charge >= 0.3 is 0 Å². The fraction of sp³-hybridized carbons (Fsp3) is 0.550. The van der Waals surface area contributed by atoms with Gasteiger partial charge in [-0.1, -0.05) is 18.1 Å². The summed E-state index contributed by atoms with van der Waals surface area (Å²) >= 11 is 1.66. The van der Waals surface area contributed by atoms with Gasteiger partial charge in [-0.05, 0) is 42.5 Å². The van der Waals surface area contributed by atoms with Crippen LogP contribution in [0.3, 0.4) is 0 Å². The Bertz CT molecular complexity index is 806. The molecule has 1 saturated carbocycles. The van der Waals surface area contributed by atoms with Crippen molar-refractivity contribution >= 4 is 23.2 Å². The number of aryl methyl sites for hydroxylation is 1. The first-order chi connectivity index (χ1) is 13.1. The lowest BCUT2D eigenvalue weighted by Crippen LogP contribution is -2.40. The van der Waals surface area contributed by atoms with Gasteiger partial charge in [-0.15, -0.1) is 11.3 Å². The maximum absolute atomic E-state index is 12.6. The molecule has 0 unspecified atom stereocenters. The van der Waals surface area contributed by atoms with Crippen LogP contribution in [0.1, 0.15) is 53.7 Å². The zero-order chi connectivity index (χ0) is 18.9. The summed E-state index contributed by atoms with van der Waals surface area (Å²) in [5.74, 6) is 0.955. The third-order valence-electron chi connectivity index (χ3n) is 5.84. The van der Waals surface area contributed by atoms with Crippen LogP contribution in [0.4, 0.5) is 0 Å². The van der Waals surface area contributed by atoms with Gasteiger partial charge in [-0.2, -0.15) is 0 Å². The molecule has 1 aliphatic heterocycles. The fourth-order valence-electron chi connectivity index (χ4n) is 4.08. The number of nitrogens with one attached hydrogen (secondary N) is 1. The van der Waals surface area contributed by atoms with Gasteiger partial charge in [0.2, 0.25) is 5.91 Å². The minimum atomic E-state index is -0.0599. The van der Waals surface area contributed by atoms with Crippen molar-refractivity contribution < 1.29 is 14.1 Å². The van der Waals surface area contributed by atoms with E-state index >= 15 is 0 Å². The second-order valence-corrected chi connectivity index (χ2v) is 8.67. The average Bonchev–Trinajstić information content (AvgIpc) is 3.07. The predicted molar refractivity (Wildman–Crippen MR) is 102 cm³/mol. The van der Waals surface area contributed by atoms with Crippen LogP contribution in [0.25, 0.3) is 0 Å². The molecule has 2 aromatic heterocycles. The number of nitrogens with zero attached hydrogens (tertiary/aromatic N) is 2. The highest BCUT2D eigenvalue weighted by Gasteiger charge is 2.58. The lowest BCUT2D eigenvalue weighted by molar-refractivity contribution is -0.123. The third kappa shape index (κ3) is 3.78. The average molecular weight is 388 g/mol. The zero-order valence-electron chi connectivity index (χ0n) is 15.6. The Morgan fingerprint density at radius 1 is 1.41 bits per heavy atom. The van der Waals surface area contributed by atoms with Gasteiger partial charge in [0.15, 0.2) is 5.69 Å². The maximum atomic E-state index is 12.6. The van der Waals surface area contributed by atoms with Gasteiger partial charge in [0.1, 0.15) is 5.76 Å². The molecule has 3 heterocycles. The van der Waals surface area contributed by atoms with E-state index in [2.05, 4.69) is 17.4 Å². The van der Waals surface area contributed by atoms with E-state index in [1.807, 2.05) is 22.4 Å². The van der Waals surface area contributed by atoms with Gasteiger partial charge in [-0.3, -0.25) is 9.59 Å². The third-order valence-corrected chi connectivity index (χ3v) is 6.72. The Kier molecular flexibility index (Phi) is 5.04. The predicted octanol–water partition coefficient (Wildman–Crippen LogP) is 3.25. The summed E-state index contributed by atoms with van der Waals surface area (Å²) in [4.78, 5) is 28.1. The first-order valence-corrected chi connectivity index (χ1v) is 10.5. The van der Waals surface area contributed by atoms with E-state index < -0.39 is 0 Å². The molecule has 0 radical (unpaired) electrons. The Morgan fingerprint density at radius 3 is 2.93 bits per heavy atom. The number of aromatic nitrogens is 1. The highest BCUT2D eigenvalue weighted by Crippen LogP contribution is 2.59. The molecule has 2 fully saturated rings.